The molecule has 1 atom stereocenters. The lowest BCUT2D eigenvalue weighted by molar-refractivity contribution is -0.144. The first-order valence-electron chi connectivity index (χ1n) is 7.61. The predicted molar refractivity (Wildman–Crippen MR) is 87.5 cm³/mol. The van der Waals surface area contributed by atoms with E-state index in [-0.39, 0.29) is 11.6 Å². The van der Waals surface area contributed by atoms with Crippen LogP contribution in [0.1, 0.15) is 28.5 Å². The van der Waals surface area contributed by atoms with Crippen LogP contribution in [0.15, 0.2) is 39.8 Å². The second kappa shape index (κ2) is 6.07. The Balaban J connectivity index is 1.91. The maximum Gasteiger partial charge on any atom is 0.325 e. The summed E-state index contributed by atoms with van der Waals surface area (Å²) in [4.78, 5) is 13.6. The van der Waals surface area contributed by atoms with Crippen LogP contribution >= 0.6 is 0 Å². The summed E-state index contributed by atoms with van der Waals surface area (Å²) in [6.07, 6.45) is 1.83. The van der Waals surface area contributed by atoms with E-state index in [4.69, 9.17) is 4.42 Å². The number of hydrogen-bond donors (Lipinski definition) is 1. The third-order valence-electron chi connectivity index (χ3n) is 4.35. The van der Waals surface area contributed by atoms with Crippen molar-refractivity contribution < 1.29 is 22.7 Å². The molecule has 0 bridgehead atoms. The standard InChI is InChI=1S/C17H19NO5S/c1-11-4-3-5-14-13(11)8-9-18(16(14)17(19)20)10-12-6-7-15(23-12)24(2,21)22/h3-7,16H,8-10H2,1-2H3,(H,19,20). The maximum atomic E-state index is 11.8. The number of carboxylic acid groups (broad SMARTS) is 1. The van der Waals surface area contributed by atoms with E-state index in [1.165, 1.54) is 6.07 Å². The van der Waals surface area contributed by atoms with E-state index < -0.39 is 21.8 Å². The first kappa shape index (κ1) is 16.7. The Labute approximate surface area is 140 Å². The summed E-state index contributed by atoms with van der Waals surface area (Å²) in [6, 6.07) is 7.92. The highest BCUT2D eigenvalue weighted by atomic mass is 32.2. The molecule has 0 fully saturated rings. The van der Waals surface area contributed by atoms with E-state index in [0.717, 1.165) is 29.4 Å². The Morgan fingerprint density at radius 3 is 2.71 bits per heavy atom. The highest BCUT2D eigenvalue weighted by molar-refractivity contribution is 7.90. The van der Waals surface area contributed by atoms with Crippen molar-refractivity contribution in [2.24, 2.45) is 0 Å². The summed E-state index contributed by atoms with van der Waals surface area (Å²) < 4.78 is 28.4. The van der Waals surface area contributed by atoms with Crippen molar-refractivity contribution in [2.75, 3.05) is 12.8 Å². The summed E-state index contributed by atoms with van der Waals surface area (Å²) in [7, 11) is -3.41. The number of aryl methyl sites for hydroxylation is 1. The molecule has 2 aromatic rings. The van der Waals surface area contributed by atoms with Crippen molar-refractivity contribution in [1.29, 1.82) is 0 Å². The van der Waals surface area contributed by atoms with E-state index in [1.54, 1.807) is 11.0 Å². The Morgan fingerprint density at radius 1 is 1.33 bits per heavy atom. The third kappa shape index (κ3) is 3.09. The maximum absolute atomic E-state index is 11.8. The Bertz CT molecular complexity index is 884. The third-order valence-corrected chi connectivity index (χ3v) is 5.30. The molecule has 0 amide bonds. The van der Waals surface area contributed by atoms with Gasteiger partial charge in [-0.3, -0.25) is 9.69 Å². The number of carbonyl (C=O) groups is 1. The van der Waals surface area contributed by atoms with E-state index in [1.807, 2.05) is 25.1 Å². The molecule has 24 heavy (non-hydrogen) atoms. The van der Waals surface area contributed by atoms with Gasteiger partial charge in [0.2, 0.25) is 14.9 Å². The number of hydrogen-bond acceptors (Lipinski definition) is 5. The number of nitrogens with zero attached hydrogens (tertiary/aromatic N) is 1. The smallest absolute Gasteiger partial charge is 0.325 e. The molecule has 0 aliphatic carbocycles. The molecule has 0 spiro atoms. The van der Waals surface area contributed by atoms with Gasteiger partial charge in [0.15, 0.2) is 0 Å². The number of furan rings is 1. The van der Waals surface area contributed by atoms with Gasteiger partial charge in [-0.05, 0) is 42.2 Å². The molecule has 0 saturated heterocycles. The van der Waals surface area contributed by atoms with Gasteiger partial charge in [0.05, 0.1) is 6.54 Å². The zero-order valence-electron chi connectivity index (χ0n) is 13.5. The summed E-state index contributed by atoms with van der Waals surface area (Å²) >= 11 is 0. The number of sulfone groups is 1. The van der Waals surface area contributed by atoms with E-state index >= 15 is 0 Å². The van der Waals surface area contributed by atoms with Gasteiger partial charge in [-0.15, -0.1) is 0 Å². The topological polar surface area (TPSA) is 87.8 Å². The van der Waals surface area contributed by atoms with Gasteiger partial charge in [-0.25, -0.2) is 8.42 Å². The average molecular weight is 349 g/mol. The molecule has 1 aliphatic heterocycles. The van der Waals surface area contributed by atoms with Gasteiger partial charge in [0.1, 0.15) is 11.8 Å². The monoisotopic (exact) mass is 349 g/mol. The van der Waals surface area contributed by atoms with Crippen molar-refractivity contribution in [2.45, 2.75) is 31.0 Å². The molecule has 0 radical (unpaired) electrons. The molecule has 1 unspecified atom stereocenters. The highest BCUT2D eigenvalue weighted by Crippen LogP contribution is 2.33. The van der Waals surface area contributed by atoms with Crippen LogP contribution < -0.4 is 0 Å². The van der Waals surface area contributed by atoms with Gasteiger partial charge < -0.3 is 9.52 Å². The highest BCUT2D eigenvalue weighted by Gasteiger charge is 2.34. The fourth-order valence-electron chi connectivity index (χ4n) is 3.21. The molecule has 7 heteroatoms. The van der Waals surface area contributed by atoms with Crippen LogP contribution in [0.5, 0.6) is 0 Å². The summed E-state index contributed by atoms with van der Waals surface area (Å²) in [5.74, 6) is -0.478. The molecule has 3 rings (SSSR count). The fourth-order valence-corrected chi connectivity index (χ4v) is 3.78. The zero-order chi connectivity index (χ0) is 17.5. The first-order valence-corrected chi connectivity index (χ1v) is 9.50. The zero-order valence-corrected chi connectivity index (χ0v) is 14.3. The Hall–Kier alpha value is -2.12. The lowest BCUT2D eigenvalue weighted by Gasteiger charge is -2.34. The van der Waals surface area contributed by atoms with E-state index in [0.29, 0.717) is 12.3 Å². The van der Waals surface area contributed by atoms with Crippen LogP contribution in [-0.4, -0.2) is 37.2 Å². The number of rotatable bonds is 4. The van der Waals surface area contributed by atoms with Crippen molar-refractivity contribution in [1.82, 2.24) is 4.90 Å². The van der Waals surface area contributed by atoms with Crippen LogP contribution in [0.25, 0.3) is 0 Å². The molecule has 0 saturated carbocycles. The lowest BCUT2D eigenvalue weighted by atomic mass is 9.89. The van der Waals surface area contributed by atoms with Gasteiger partial charge >= 0.3 is 5.97 Å². The normalized spacial score (nSPS) is 18.3. The molecule has 128 valence electrons. The summed E-state index contributed by atoms with van der Waals surface area (Å²) in [5, 5.41) is 9.59. The largest absolute Gasteiger partial charge is 0.480 e. The van der Waals surface area contributed by atoms with Crippen LogP contribution in [0.2, 0.25) is 0 Å². The first-order chi connectivity index (χ1) is 11.3. The average Bonchev–Trinajstić information content (AvgIpc) is 2.95. The van der Waals surface area contributed by atoms with E-state index in [9.17, 15) is 18.3 Å². The van der Waals surface area contributed by atoms with Crippen LogP contribution in [0.3, 0.4) is 0 Å². The molecule has 2 heterocycles. The Morgan fingerprint density at radius 2 is 2.08 bits per heavy atom. The fraction of sp³-hybridized carbons (Fsp3) is 0.353. The molecular formula is C17H19NO5S. The molecular weight excluding hydrogens is 330 g/mol. The molecule has 1 aliphatic rings. The molecule has 1 aromatic carbocycles. The predicted octanol–water partition coefficient (Wildman–Crippen LogP) is 2.18. The Kier molecular flexibility index (Phi) is 4.23. The summed E-state index contributed by atoms with van der Waals surface area (Å²) in [5.41, 5.74) is 2.97. The second-order valence-electron chi connectivity index (χ2n) is 6.10. The SMILES string of the molecule is Cc1cccc2c1CCN(Cc1ccc(S(C)(=O)=O)o1)C2C(=O)O. The second-order valence-corrected chi connectivity index (χ2v) is 8.04. The van der Waals surface area contributed by atoms with Gasteiger partial charge in [0, 0.05) is 12.8 Å². The van der Waals surface area contributed by atoms with Crippen LogP contribution in [0.4, 0.5) is 0 Å². The van der Waals surface area contributed by atoms with Crippen LogP contribution in [-0.2, 0) is 27.6 Å². The molecule has 1 aromatic heterocycles. The van der Waals surface area contributed by atoms with Crippen LogP contribution in [0, 0.1) is 6.92 Å². The van der Waals surface area contributed by atoms with Gasteiger partial charge in [-0.1, -0.05) is 18.2 Å². The van der Waals surface area contributed by atoms with Crippen molar-refractivity contribution >= 4 is 15.8 Å². The van der Waals surface area contributed by atoms with Crippen molar-refractivity contribution in [3.63, 3.8) is 0 Å². The minimum atomic E-state index is -3.41. The van der Waals surface area contributed by atoms with Crippen molar-refractivity contribution in [3.05, 3.63) is 52.8 Å². The number of aliphatic carboxylic acids is 1. The quantitative estimate of drug-likeness (QED) is 0.910. The minimum absolute atomic E-state index is 0.0994. The summed E-state index contributed by atoms with van der Waals surface area (Å²) in [6.45, 7) is 2.81. The minimum Gasteiger partial charge on any atom is -0.480 e. The number of fused-ring (bicyclic) bond motifs is 1. The van der Waals surface area contributed by atoms with Gasteiger partial charge in [0.25, 0.3) is 0 Å². The van der Waals surface area contributed by atoms with Gasteiger partial charge in [-0.2, -0.15) is 0 Å². The van der Waals surface area contributed by atoms with Crippen molar-refractivity contribution in [3.8, 4) is 0 Å². The number of benzene rings is 1. The lowest BCUT2D eigenvalue weighted by Crippen LogP contribution is -2.39. The van der Waals surface area contributed by atoms with E-state index in [2.05, 4.69) is 0 Å². The molecule has 6 nitrogen and oxygen atoms in total. The number of carboxylic acids is 1. The molecule has 1 N–H and O–H groups in total.